The second kappa shape index (κ2) is 5.48. The Morgan fingerprint density at radius 3 is 2.44 bits per heavy atom. The van der Waals surface area contributed by atoms with Crippen molar-refractivity contribution in [2.24, 2.45) is 11.8 Å². The first-order valence-corrected chi connectivity index (χ1v) is 7.39. The Morgan fingerprint density at radius 1 is 1.28 bits per heavy atom. The van der Waals surface area contributed by atoms with Gasteiger partial charge in [0, 0.05) is 5.92 Å². The molecular weight excluding hydrogens is 319 g/mol. The van der Waals surface area contributed by atoms with Gasteiger partial charge in [0.05, 0.1) is 22.1 Å². The quantitative estimate of drug-likeness (QED) is 0.696. The predicted octanol–water partition coefficient (Wildman–Crippen LogP) is 4.93. The standard InChI is InChI=1S/C14H17BrClFO/c1-7-8(2)18-9(3)13(7)14(16)10-4-5-12(17)11(15)6-10/h4-9,13-14H,1-3H3. The first-order chi connectivity index (χ1) is 8.41. The van der Waals surface area contributed by atoms with Crippen molar-refractivity contribution < 1.29 is 9.13 Å². The number of hydrogen-bond donors (Lipinski definition) is 0. The fourth-order valence-electron chi connectivity index (χ4n) is 2.70. The van der Waals surface area contributed by atoms with E-state index in [1.807, 2.05) is 0 Å². The Hall–Kier alpha value is -0.120. The van der Waals surface area contributed by atoms with Crippen LogP contribution in [0.1, 0.15) is 31.7 Å². The van der Waals surface area contributed by atoms with Gasteiger partial charge in [-0.3, -0.25) is 0 Å². The number of ether oxygens (including phenoxy) is 1. The summed E-state index contributed by atoms with van der Waals surface area (Å²) in [5.74, 6) is 0.380. The number of hydrogen-bond acceptors (Lipinski definition) is 1. The van der Waals surface area contributed by atoms with Crippen molar-refractivity contribution in [2.45, 2.75) is 38.4 Å². The van der Waals surface area contributed by atoms with Gasteiger partial charge in [0.15, 0.2) is 0 Å². The van der Waals surface area contributed by atoms with E-state index in [0.717, 1.165) is 5.56 Å². The lowest BCUT2D eigenvalue weighted by atomic mass is 9.84. The number of alkyl halides is 1. The van der Waals surface area contributed by atoms with E-state index in [1.54, 1.807) is 12.1 Å². The van der Waals surface area contributed by atoms with Gasteiger partial charge in [0.25, 0.3) is 0 Å². The van der Waals surface area contributed by atoms with Crippen molar-refractivity contribution in [3.8, 4) is 0 Å². The molecule has 1 aliphatic heterocycles. The molecule has 1 saturated heterocycles. The zero-order valence-electron chi connectivity index (χ0n) is 10.7. The highest BCUT2D eigenvalue weighted by Gasteiger charge is 2.41. The Labute approximate surface area is 121 Å². The highest BCUT2D eigenvalue weighted by Crippen LogP contribution is 2.44. The Balaban J connectivity index is 2.25. The topological polar surface area (TPSA) is 9.23 Å². The molecule has 0 aromatic heterocycles. The molecule has 1 aliphatic rings. The van der Waals surface area contributed by atoms with E-state index in [-0.39, 0.29) is 29.3 Å². The Kier molecular flexibility index (Phi) is 4.35. The van der Waals surface area contributed by atoms with Crippen LogP contribution in [-0.2, 0) is 4.74 Å². The summed E-state index contributed by atoms with van der Waals surface area (Å²) in [5, 5.41) is -0.156. The van der Waals surface area contributed by atoms with Gasteiger partial charge in [-0.25, -0.2) is 4.39 Å². The largest absolute Gasteiger partial charge is 0.375 e. The lowest BCUT2D eigenvalue weighted by molar-refractivity contribution is 0.0508. The third-order valence-electron chi connectivity index (χ3n) is 3.92. The molecule has 1 heterocycles. The average Bonchev–Trinajstić information content (AvgIpc) is 2.56. The number of benzene rings is 1. The van der Waals surface area contributed by atoms with Gasteiger partial charge < -0.3 is 4.74 Å². The summed E-state index contributed by atoms with van der Waals surface area (Å²) >= 11 is 9.77. The van der Waals surface area contributed by atoms with Crippen LogP contribution in [0, 0.1) is 17.7 Å². The second-order valence-corrected chi connectivity index (χ2v) is 6.38. The van der Waals surface area contributed by atoms with E-state index in [2.05, 4.69) is 36.7 Å². The highest BCUT2D eigenvalue weighted by atomic mass is 79.9. The van der Waals surface area contributed by atoms with Crippen molar-refractivity contribution in [1.82, 2.24) is 0 Å². The smallest absolute Gasteiger partial charge is 0.137 e. The molecule has 0 spiro atoms. The maximum Gasteiger partial charge on any atom is 0.137 e. The van der Waals surface area contributed by atoms with Gasteiger partial charge in [0.2, 0.25) is 0 Å². The van der Waals surface area contributed by atoms with Crippen LogP contribution >= 0.6 is 27.5 Å². The van der Waals surface area contributed by atoms with Gasteiger partial charge in [-0.15, -0.1) is 11.6 Å². The van der Waals surface area contributed by atoms with Crippen molar-refractivity contribution in [1.29, 1.82) is 0 Å². The highest BCUT2D eigenvalue weighted by molar-refractivity contribution is 9.10. The SMILES string of the molecule is CC1OC(C)C(C(Cl)c2ccc(F)c(Br)c2)C1C. The van der Waals surface area contributed by atoms with E-state index in [0.29, 0.717) is 10.4 Å². The summed E-state index contributed by atoms with van der Waals surface area (Å²) < 4.78 is 19.5. The van der Waals surface area contributed by atoms with Crippen LogP contribution in [0.25, 0.3) is 0 Å². The molecule has 1 aromatic carbocycles. The number of rotatable bonds is 2. The fourth-order valence-corrected chi connectivity index (χ4v) is 3.67. The molecule has 0 N–H and O–H groups in total. The van der Waals surface area contributed by atoms with Crippen LogP contribution in [0.4, 0.5) is 4.39 Å². The van der Waals surface area contributed by atoms with E-state index in [4.69, 9.17) is 16.3 Å². The van der Waals surface area contributed by atoms with Gasteiger partial charge in [-0.2, -0.15) is 0 Å². The summed E-state index contributed by atoms with van der Waals surface area (Å²) in [4.78, 5) is 0. The van der Waals surface area contributed by atoms with Gasteiger partial charge in [-0.05, 0) is 53.4 Å². The molecule has 1 nitrogen and oxygen atoms in total. The maximum atomic E-state index is 13.2. The van der Waals surface area contributed by atoms with E-state index < -0.39 is 0 Å². The van der Waals surface area contributed by atoms with Crippen molar-refractivity contribution in [3.63, 3.8) is 0 Å². The summed E-state index contributed by atoms with van der Waals surface area (Å²) in [6.07, 6.45) is 0.344. The molecule has 4 heteroatoms. The van der Waals surface area contributed by atoms with Gasteiger partial charge >= 0.3 is 0 Å². The molecular formula is C14H17BrClFO. The van der Waals surface area contributed by atoms with Crippen molar-refractivity contribution in [3.05, 3.63) is 34.1 Å². The van der Waals surface area contributed by atoms with E-state index in [1.165, 1.54) is 6.07 Å². The summed E-state index contributed by atoms with van der Waals surface area (Å²) in [5.41, 5.74) is 0.936. The molecule has 0 saturated carbocycles. The minimum Gasteiger partial charge on any atom is -0.375 e. The fraction of sp³-hybridized carbons (Fsp3) is 0.571. The Bertz CT molecular complexity index is 440. The molecule has 0 amide bonds. The third kappa shape index (κ3) is 2.59. The van der Waals surface area contributed by atoms with Crippen LogP contribution in [0.15, 0.2) is 22.7 Å². The number of halogens is 3. The third-order valence-corrected chi connectivity index (χ3v) is 5.07. The maximum absolute atomic E-state index is 13.2. The minimum absolute atomic E-state index is 0.126. The van der Waals surface area contributed by atoms with Crippen LogP contribution in [0.5, 0.6) is 0 Å². The minimum atomic E-state index is -0.264. The van der Waals surface area contributed by atoms with Crippen LogP contribution in [0.2, 0.25) is 0 Å². The average molecular weight is 336 g/mol. The lowest BCUT2D eigenvalue weighted by Crippen LogP contribution is -2.22. The van der Waals surface area contributed by atoms with Crippen molar-refractivity contribution >= 4 is 27.5 Å². The molecule has 1 aromatic rings. The molecule has 100 valence electrons. The normalized spacial score (nSPS) is 33.7. The van der Waals surface area contributed by atoms with E-state index >= 15 is 0 Å². The first-order valence-electron chi connectivity index (χ1n) is 6.16. The second-order valence-electron chi connectivity index (χ2n) is 5.06. The molecule has 1 fully saturated rings. The van der Waals surface area contributed by atoms with E-state index in [9.17, 15) is 4.39 Å². The van der Waals surface area contributed by atoms with Crippen LogP contribution < -0.4 is 0 Å². The molecule has 2 rings (SSSR count). The summed E-state index contributed by atoms with van der Waals surface area (Å²) in [6, 6.07) is 4.96. The predicted molar refractivity (Wildman–Crippen MR) is 75.4 cm³/mol. The summed E-state index contributed by atoms with van der Waals surface area (Å²) in [7, 11) is 0. The molecule has 0 aliphatic carbocycles. The molecule has 0 radical (unpaired) electrons. The summed E-state index contributed by atoms with van der Waals surface area (Å²) in [6.45, 7) is 6.29. The van der Waals surface area contributed by atoms with Gasteiger partial charge in [-0.1, -0.05) is 13.0 Å². The van der Waals surface area contributed by atoms with Crippen LogP contribution in [-0.4, -0.2) is 12.2 Å². The molecule has 18 heavy (non-hydrogen) atoms. The zero-order valence-corrected chi connectivity index (χ0v) is 13.0. The Morgan fingerprint density at radius 2 is 1.94 bits per heavy atom. The first kappa shape index (κ1) is 14.3. The monoisotopic (exact) mass is 334 g/mol. The van der Waals surface area contributed by atoms with Gasteiger partial charge in [0.1, 0.15) is 5.82 Å². The molecule has 0 bridgehead atoms. The lowest BCUT2D eigenvalue weighted by Gasteiger charge is -2.24. The molecule has 5 atom stereocenters. The zero-order chi connectivity index (χ0) is 13.4. The van der Waals surface area contributed by atoms with Crippen molar-refractivity contribution in [2.75, 3.05) is 0 Å². The molecule has 5 unspecified atom stereocenters. The van der Waals surface area contributed by atoms with Crippen LogP contribution in [0.3, 0.4) is 0 Å².